The molecule has 1 aromatic heterocycles. The quantitative estimate of drug-likeness (QED) is 0.560. The predicted octanol–water partition coefficient (Wildman–Crippen LogP) is 4.78. The molecule has 0 N–H and O–H groups in total. The van der Waals surface area contributed by atoms with Crippen molar-refractivity contribution in [3.05, 3.63) is 53.6 Å². The van der Waals surface area contributed by atoms with Gasteiger partial charge in [-0.15, -0.1) is 11.8 Å². The van der Waals surface area contributed by atoms with Gasteiger partial charge < -0.3 is 9.80 Å². The molecule has 27 heavy (non-hydrogen) atoms. The summed E-state index contributed by atoms with van der Waals surface area (Å²) in [5.74, 6) is 1.03. The van der Waals surface area contributed by atoms with Crippen LogP contribution in [0.3, 0.4) is 0 Å². The predicted molar refractivity (Wildman–Crippen MR) is 115 cm³/mol. The SMILES string of the molecule is O=C(CCSc1ccc(Cl)cc1)N1CCN(c2nc3ccccc3s2)CC1. The smallest absolute Gasteiger partial charge is 0.223 e. The lowest BCUT2D eigenvalue weighted by atomic mass is 10.3. The van der Waals surface area contributed by atoms with E-state index in [9.17, 15) is 4.79 Å². The number of carbonyl (C=O) groups excluding carboxylic acids is 1. The van der Waals surface area contributed by atoms with E-state index in [4.69, 9.17) is 16.6 Å². The highest BCUT2D eigenvalue weighted by Crippen LogP contribution is 2.29. The summed E-state index contributed by atoms with van der Waals surface area (Å²) < 4.78 is 1.21. The Kier molecular flexibility index (Phi) is 5.86. The summed E-state index contributed by atoms with van der Waals surface area (Å²) in [5.41, 5.74) is 1.05. The Morgan fingerprint density at radius 2 is 1.81 bits per heavy atom. The maximum Gasteiger partial charge on any atom is 0.223 e. The van der Waals surface area contributed by atoms with Crippen molar-refractivity contribution in [2.75, 3.05) is 36.8 Å². The number of benzene rings is 2. The molecule has 0 bridgehead atoms. The van der Waals surface area contributed by atoms with Crippen LogP contribution >= 0.6 is 34.7 Å². The zero-order chi connectivity index (χ0) is 18.6. The Bertz CT molecular complexity index is 887. The van der Waals surface area contributed by atoms with Crippen molar-refractivity contribution in [1.82, 2.24) is 9.88 Å². The van der Waals surface area contributed by atoms with Crippen LogP contribution < -0.4 is 4.90 Å². The summed E-state index contributed by atoms with van der Waals surface area (Å²) in [5, 5.41) is 1.79. The number of fused-ring (bicyclic) bond motifs is 1. The lowest BCUT2D eigenvalue weighted by Crippen LogP contribution is -2.48. The topological polar surface area (TPSA) is 36.4 Å². The third kappa shape index (κ3) is 4.57. The van der Waals surface area contributed by atoms with Crippen LogP contribution in [0.1, 0.15) is 6.42 Å². The van der Waals surface area contributed by atoms with Crippen molar-refractivity contribution in [2.24, 2.45) is 0 Å². The van der Waals surface area contributed by atoms with Crippen LogP contribution in [0.15, 0.2) is 53.4 Å². The first-order chi connectivity index (χ1) is 13.2. The van der Waals surface area contributed by atoms with Gasteiger partial charge in [-0.1, -0.05) is 35.1 Å². The summed E-state index contributed by atoms with van der Waals surface area (Å²) in [6.45, 7) is 3.21. The molecule has 1 fully saturated rings. The van der Waals surface area contributed by atoms with Gasteiger partial charge in [0.2, 0.25) is 5.91 Å². The Labute approximate surface area is 172 Å². The van der Waals surface area contributed by atoms with Gasteiger partial charge in [0.15, 0.2) is 5.13 Å². The average Bonchev–Trinajstić information content (AvgIpc) is 3.14. The molecule has 1 aliphatic heterocycles. The molecule has 7 heteroatoms. The van der Waals surface area contributed by atoms with Crippen molar-refractivity contribution in [3.8, 4) is 0 Å². The van der Waals surface area contributed by atoms with Gasteiger partial charge in [-0.05, 0) is 36.4 Å². The van der Waals surface area contributed by atoms with Crippen molar-refractivity contribution < 1.29 is 4.79 Å². The zero-order valence-electron chi connectivity index (χ0n) is 14.8. The summed E-state index contributed by atoms with van der Waals surface area (Å²) in [6, 6.07) is 16.0. The van der Waals surface area contributed by atoms with Gasteiger partial charge in [-0.2, -0.15) is 0 Å². The molecular weight excluding hydrogens is 398 g/mol. The Balaban J connectivity index is 1.25. The van der Waals surface area contributed by atoms with Crippen molar-refractivity contribution in [1.29, 1.82) is 0 Å². The number of amides is 1. The van der Waals surface area contributed by atoms with Gasteiger partial charge in [-0.3, -0.25) is 4.79 Å². The Hall–Kier alpha value is -1.76. The van der Waals surface area contributed by atoms with Crippen LogP contribution in [0.25, 0.3) is 10.2 Å². The van der Waals surface area contributed by atoms with E-state index in [2.05, 4.69) is 11.0 Å². The summed E-state index contributed by atoms with van der Waals surface area (Å²) >= 11 is 9.32. The molecule has 2 heterocycles. The minimum Gasteiger partial charge on any atom is -0.345 e. The van der Waals surface area contributed by atoms with Crippen molar-refractivity contribution >= 4 is 56.0 Å². The molecule has 0 saturated carbocycles. The molecule has 1 saturated heterocycles. The largest absolute Gasteiger partial charge is 0.345 e. The number of aromatic nitrogens is 1. The third-order valence-corrected chi connectivity index (χ3v) is 6.95. The molecule has 4 nitrogen and oxygen atoms in total. The number of thiazole rings is 1. The molecule has 2 aromatic carbocycles. The van der Waals surface area contributed by atoms with E-state index in [0.29, 0.717) is 6.42 Å². The first kappa shape index (κ1) is 18.6. The number of piperazine rings is 1. The lowest BCUT2D eigenvalue weighted by molar-refractivity contribution is -0.131. The summed E-state index contributed by atoms with van der Waals surface area (Å²) in [4.78, 5) is 22.6. The van der Waals surface area contributed by atoms with Gasteiger partial charge in [0, 0.05) is 48.3 Å². The van der Waals surface area contributed by atoms with Gasteiger partial charge in [-0.25, -0.2) is 4.98 Å². The summed E-state index contributed by atoms with van der Waals surface area (Å²) in [7, 11) is 0. The molecule has 0 spiro atoms. The third-order valence-electron chi connectivity index (χ3n) is 4.58. The molecule has 0 radical (unpaired) electrons. The number of nitrogens with zero attached hydrogens (tertiary/aromatic N) is 3. The minimum absolute atomic E-state index is 0.236. The van der Waals surface area contributed by atoms with Crippen molar-refractivity contribution in [2.45, 2.75) is 11.3 Å². The number of hydrogen-bond donors (Lipinski definition) is 0. The van der Waals surface area contributed by atoms with Crippen LogP contribution in [0.2, 0.25) is 5.02 Å². The van der Waals surface area contributed by atoms with E-state index in [1.165, 1.54) is 4.70 Å². The van der Waals surface area contributed by atoms with Gasteiger partial charge >= 0.3 is 0 Å². The van der Waals surface area contributed by atoms with Crippen molar-refractivity contribution in [3.63, 3.8) is 0 Å². The normalized spacial score (nSPS) is 14.7. The Morgan fingerprint density at radius 3 is 2.56 bits per heavy atom. The molecular formula is C20H20ClN3OS2. The van der Waals surface area contributed by atoms with Crippen LogP contribution in [-0.2, 0) is 4.79 Å². The molecule has 1 aliphatic rings. The highest BCUT2D eigenvalue weighted by molar-refractivity contribution is 7.99. The fourth-order valence-corrected chi connectivity index (χ4v) is 5.07. The highest BCUT2D eigenvalue weighted by atomic mass is 35.5. The van der Waals surface area contributed by atoms with Gasteiger partial charge in [0.1, 0.15) is 0 Å². The summed E-state index contributed by atoms with van der Waals surface area (Å²) in [6.07, 6.45) is 0.564. The van der Waals surface area contributed by atoms with E-state index in [1.54, 1.807) is 23.1 Å². The average molecular weight is 418 g/mol. The second-order valence-electron chi connectivity index (χ2n) is 6.38. The number of thioether (sulfide) groups is 1. The first-order valence-electron chi connectivity index (χ1n) is 8.96. The van der Waals surface area contributed by atoms with Crippen LogP contribution in [0.4, 0.5) is 5.13 Å². The van der Waals surface area contributed by atoms with E-state index in [-0.39, 0.29) is 5.91 Å². The van der Waals surface area contributed by atoms with Crippen LogP contribution in [-0.4, -0.2) is 47.7 Å². The van der Waals surface area contributed by atoms with Gasteiger partial charge in [0.25, 0.3) is 0 Å². The molecule has 3 aromatic rings. The molecule has 4 rings (SSSR count). The van der Waals surface area contributed by atoms with E-state index in [0.717, 1.165) is 52.5 Å². The standard InChI is InChI=1S/C20H20ClN3OS2/c21-15-5-7-16(8-6-15)26-14-9-19(25)23-10-12-24(13-11-23)20-22-17-3-1-2-4-18(17)27-20/h1-8H,9-14H2. The molecule has 0 atom stereocenters. The van der Waals surface area contributed by atoms with Gasteiger partial charge in [0.05, 0.1) is 10.2 Å². The lowest BCUT2D eigenvalue weighted by Gasteiger charge is -2.34. The monoisotopic (exact) mass is 417 g/mol. The zero-order valence-corrected chi connectivity index (χ0v) is 17.2. The van der Waals surface area contributed by atoms with Crippen LogP contribution in [0, 0.1) is 0 Å². The van der Waals surface area contributed by atoms with E-state index < -0.39 is 0 Å². The molecule has 140 valence electrons. The second-order valence-corrected chi connectivity index (χ2v) is 9.00. The first-order valence-corrected chi connectivity index (χ1v) is 11.1. The highest BCUT2D eigenvalue weighted by Gasteiger charge is 2.22. The number of carbonyl (C=O) groups is 1. The second kappa shape index (κ2) is 8.50. The molecule has 0 unspecified atom stereocenters. The number of rotatable bonds is 5. The number of para-hydroxylation sites is 1. The Morgan fingerprint density at radius 1 is 1.07 bits per heavy atom. The number of hydrogen-bond acceptors (Lipinski definition) is 5. The fourth-order valence-electron chi connectivity index (χ4n) is 3.09. The maximum atomic E-state index is 12.5. The maximum absolute atomic E-state index is 12.5. The number of anilines is 1. The minimum atomic E-state index is 0.236. The van der Waals surface area contributed by atoms with E-state index in [1.807, 2.05) is 47.4 Å². The molecule has 1 amide bonds. The fraction of sp³-hybridized carbons (Fsp3) is 0.300. The molecule has 0 aliphatic carbocycles. The number of halogens is 1. The van der Waals surface area contributed by atoms with E-state index >= 15 is 0 Å². The van der Waals surface area contributed by atoms with Crippen LogP contribution in [0.5, 0.6) is 0 Å².